The zero-order valence-electron chi connectivity index (χ0n) is 17.6. The molecule has 0 aliphatic carbocycles. The predicted molar refractivity (Wildman–Crippen MR) is 120 cm³/mol. The highest BCUT2D eigenvalue weighted by Gasteiger charge is 2.35. The molecule has 1 unspecified atom stereocenters. The number of aryl methyl sites for hydroxylation is 1. The average molecular weight is 442 g/mol. The van der Waals surface area contributed by atoms with Crippen LogP contribution in [-0.2, 0) is 14.6 Å². The summed E-state index contributed by atoms with van der Waals surface area (Å²) in [5.74, 6) is -0.273. The highest BCUT2D eigenvalue weighted by Crippen LogP contribution is 2.29. The van der Waals surface area contributed by atoms with Crippen LogP contribution in [0.5, 0.6) is 0 Å². The van der Waals surface area contributed by atoms with Gasteiger partial charge in [-0.25, -0.2) is 13.2 Å². The molecule has 0 N–H and O–H groups in total. The standard InChI is InChI=1S/C23H27N3O4S/c1-18-7-9-20(10-8-18)26-14-13-25(23(26)28)17-22(27)24-12-11-21(31(29,30)16-15-24)19-5-3-2-4-6-19/h2-10,21H,11-17H2,1H3. The monoisotopic (exact) mass is 441 g/mol. The van der Waals surface area contributed by atoms with Crippen LogP contribution in [-0.4, -0.2) is 68.6 Å². The molecule has 0 bridgehead atoms. The number of hydrogen-bond acceptors (Lipinski definition) is 4. The first-order valence-electron chi connectivity index (χ1n) is 10.5. The number of anilines is 1. The van der Waals surface area contributed by atoms with Gasteiger partial charge in [0, 0.05) is 31.9 Å². The quantitative estimate of drug-likeness (QED) is 0.731. The van der Waals surface area contributed by atoms with Crippen molar-refractivity contribution in [3.63, 3.8) is 0 Å². The van der Waals surface area contributed by atoms with Crippen molar-refractivity contribution in [2.45, 2.75) is 18.6 Å². The van der Waals surface area contributed by atoms with Crippen LogP contribution in [0.25, 0.3) is 0 Å². The predicted octanol–water partition coefficient (Wildman–Crippen LogP) is 2.63. The lowest BCUT2D eigenvalue weighted by Crippen LogP contribution is -2.43. The van der Waals surface area contributed by atoms with E-state index in [1.54, 1.807) is 9.80 Å². The molecule has 31 heavy (non-hydrogen) atoms. The second-order valence-corrected chi connectivity index (χ2v) is 10.4. The number of carbonyl (C=O) groups is 2. The Morgan fingerprint density at radius 1 is 0.968 bits per heavy atom. The van der Waals surface area contributed by atoms with Crippen molar-refractivity contribution in [2.75, 3.05) is 43.4 Å². The number of hydrogen-bond donors (Lipinski definition) is 0. The third-order valence-electron chi connectivity index (χ3n) is 6.03. The second-order valence-electron chi connectivity index (χ2n) is 8.13. The van der Waals surface area contributed by atoms with Gasteiger partial charge in [0.15, 0.2) is 9.84 Å². The topological polar surface area (TPSA) is 78.0 Å². The van der Waals surface area contributed by atoms with E-state index in [1.807, 2.05) is 61.5 Å². The van der Waals surface area contributed by atoms with Gasteiger partial charge >= 0.3 is 6.03 Å². The van der Waals surface area contributed by atoms with Gasteiger partial charge in [0.25, 0.3) is 0 Å². The van der Waals surface area contributed by atoms with Gasteiger partial charge < -0.3 is 9.80 Å². The summed E-state index contributed by atoms with van der Waals surface area (Å²) in [5, 5.41) is -0.600. The summed E-state index contributed by atoms with van der Waals surface area (Å²) >= 11 is 0. The van der Waals surface area contributed by atoms with E-state index in [0.717, 1.165) is 16.8 Å². The van der Waals surface area contributed by atoms with Gasteiger partial charge in [-0.15, -0.1) is 0 Å². The molecular weight excluding hydrogens is 414 g/mol. The molecule has 0 saturated carbocycles. The minimum absolute atomic E-state index is 0.0305. The molecule has 0 spiro atoms. The smallest absolute Gasteiger partial charge is 0.325 e. The third kappa shape index (κ3) is 4.58. The molecule has 2 fully saturated rings. The Morgan fingerprint density at radius 3 is 2.39 bits per heavy atom. The molecule has 7 nitrogen and oxygen atoms in total. The van der Waals surface area contributed by atoms with E-state index in [4.69, 9.17) is 0 Å². The van der Waals surface area contributed by atoms with Crippen LogP contribution < -0.4 is 4.90 Å². The fourth-order valence-corrected chi connectivity index (χ4v) is 5.99. The van der Waals surface area contributed by atoms with Crippen molar-refractivity contribution in [1.29, 1.82) is 0 Å². The molecule has 0 radical (unpaired) electrons. The number of urea groups is 1. The summed E-state index contributed by atoms with van der Waals surface area (Å²) in [6.45, 7) is 3.48. The van der Waals surface area contributed by atoms with E-state index in [9.17, 15) is 18.0 Å². The number of carbonyl (C=O) groups excluding carboxylic acids is 2. The number of nitrogens with zero attached hydrogens (tertiary/aromatic N) is 3. The normalized spacial score (nSPS) is 21.3. The van der Waals surface area contributed by atoms with Crippen molar-refractivity contribution >= 4 is 27.5 Å². The SMILES string of the molecule is Cc1ccc(N2CCN(CC(=O)N3CCC(c4ccccc4)S(=O)(=O)CC3)C2=O)cc1. The maximum Gasteiger partial charge on any atom is 0.325 e. The summed E-state index contributed by atoms with van der Waals surface area (Å²) in [6.07, 6.45) is 0.363. The molecule has 2 aliphatic heterocycles. The van der Waals surface area contributed by atoms with Gasteiger partial charge in [-0.3, -0.25) is 9.69 Å². The molecule has 8 heteroatoms. The maximum atomic E-state index is 12.9. The summed E-state index contributed by atoms with van der Waals surface area (Å²) in [5.41, 5.74) is 2.70. The molecule has 1 atom stereocenters. The van der Waals surface area contributed by atoms with E-state index in [2.05, 4.69) is 0 Å². The van der Waals surface area contributed by atoms with Crippen LogP contribution in [0.15, 0.2) is 54.6 Å². The Hall–Kier alpha value is -2.87. The summed E-state index contributed by atoms with van der Waals surface area (Å²) in [4.78, 5) is 30.5. The molecular formula is C23H27N3O4S. The van der Waals surface area contributed by atoms with E-state index >= 15 is 0 Å². The Morgan fingerprint density at radius 2 is 1.68 bits per heavy atom. The molecule has 2 aromatic rings. The number of rotatable bonds is 4. The lowest BCUT2D eigenvalue weighted by Gasteiger charge is -2.24. The van der Waals surface area contributed by atoms with Crippen molar-refractivity contribution in [3.05, 3.63) is 65.7 Å². The minimum Gasteiger partial charge on any atom is -0.340 e. The second kappa shape index (κ2) is 8.70. The first-order valence-corrected chi connectivity index (χ1v) is 12.2. The molecule has 0 aromatic heterocycles. The zero-order chi connectivity index (χ0) is 22.0. The maximum absolute atomic E-state index is 12.9. The van der Waals surface area contributed by atoms with Gasteiger partial charge in [0.05, 0.1) is 11.0 Å². The number of amides is 3. The van der Waals surface area contributed by atoms with Gasteiger partial charge in [0.1, 0.15) is 6.54 Å². The van der Waals surface area contributed by atoms with Crippen LogP contribution >= 0.6 is 0 Å². The fraction of sp³-hybridized carbons (Fsp3) is 0.391. The van der Waals surface area contributed by atoms with E-state index in [-0.39, 0.29) is 30.8 Å². The van der Waals surface area contributed by atoms with Crippen molar-refractivity contribution < 1.29 is 18.0 Å². The Bertz CT molecular complexity index is 1050. The van der Waals surface area contributed by atoms with Gasteiger partial charge in [-0.05, 0) is 31.0 Å². The highest BCUT2D eigenvalue weighted by molar-refractivity contribution is 7.91. The van der Waals surface area contributed by atoms with Crippen molar-refractivity contribution in [3.8, 4) is 0 Å². The highest BCUT2D eigenvalue weighted by atomic mass is 32.2. The molecule has 2 aliphatic rings. The zero-order valence-corrected chi connectivity index (χ0v) is 18.4. The van der Waals surface area contributed by atoms with Gasteiger partial charge in [-0.2, -0.15) is 0 Å². The lowest BCUT2D eigenvalue weighted by atomic mass is 10.1. The summed E-state index contributed by atoms with van der Waals surface area (Å²) < 4.78 is 25.6. The summed E-state index contributed by atoms with van der Waals surface area (Å²) in [6, 6.07) is 16.7. The van der Waals surface area contributed by atoms with Crippen LogP contribution in [0.4, 0.5) is 10.5 Å². The molecule has 164 valence electrons. The van der Waals surface area contributed by atoms with Gasteiger partial charge in [-0.1, -0.05) is 48.0 Å². The van der Waals surface area contributed by atoms with Crippen LogP contribution in [0.1, 0.15) is 22.8 Å². The first-order chi connectivity index (χ1) is 14.8. The fourth-order valence-electron chi connectivity index (χ4n) is 4.19. The lowest BCUT2D eigenvalue weighted by molar-refractivity contribution is -0.131. The van der Waals surface area contributed by atoms with Crippen molar-refractivity contribution in [1.82, 2.24) is 9.80 Å². The Balaban J connectivity index is 1.40. The van der Waals surface area contributed by atoms with Crippen molar-refractivity contribution in [2.24, 2.45) is 0 Å². The van der Waals surface area contributed by atoms with Crippen LogP contribution in [0, 0.1) is 6.92 Å². The molecule has 3 amide bonds. The Kier molecular flexibility index (Phi) is 6.00. The third-order valence-corrected chi connectivity index (χ3v) is 8.16. The molecule has 4 rings (SSSR count). The Labute approximate surface area is 183 Å². The van der Waals surface area contributed by atoms with Gasteiger partial charge in [0.2, 0.25) is 5.91 Å². The molecule has 2 saturated heterocycles. The number of benzene rings is 2. The molecule has 2 aromatic carbocycles. The minimum atomic E-state index is -3.35. The van der Waals surface area contributed by atoms with E-state index in [1.165, 1.54) is 4.90 Å². The van der Waals surface area contributed by atoms with Crippen LogP contribution in [0.2, 0.25) is 0 Å². The van der Waals surface area contributed by atoms with E-state index in [0.29, 0.717) is 26.1 Å². The number of sulfone groups is 1. The molecule has 2 heterocycles. The average Bonchev–Trinajstić information content (AvgIpc) is 3.02. The first kappa shape index (κ1) is 21.4. The van der Waals surface area contributed by atoms with E-state index < -0.39 is 15.1 Å². The van der Waals surface area contributed by atoms with Crippen LogP contribution in [0.3, 0.4) is 0 Å². The largest absolute Gasteiger partial charge is 0.340 e. The summed E-state index contributed by atoms with van der Waals surface area (Å²) in [7, 11) is -3.35.